The van der Waals surface area contributed by atoms with Crippen LogP contribution in [0.2, 0.25) is 0 Å². The van der Waals surface area contributed by atoms with Gasteiger partial charge in [0.1, 0.15) is 0 Å². The van der Waals surface area contributed by atoms with Crippen molar-refractivity contribution in [3.63, 3.8) is 0 Å². The molecule has 0 aromatic heterocycles. The molecule has 0 heterocycles. The molecule has 0 fully saturated rings. The SMILES string of the molecule is CC(O)(O)C(Cl)(Cl)Nc1ccc(Br)cc1. The Kier molecular flexibility index (Phi) is 3.90. The summed E-state index contributed by atoms with van der Waals surface area (Å²) in [6.07, 6.45) is 0. The Hall–Kier alpha value is -0.000000000000000111. The van der Waals surface area contributed by atoms with Crippen LogP contribution in [0.15, 0.2) is 28.7 Å². The van der Waals surface area contributed by atoms with Gasteiger partial charge in [-0.2, -0.15) is 0 Å². The van der Waals surface area contributed by atoms with E-state index in [1.54, 1.807) is 24.3 Å². The van der Waals surface area contributed by atoms with Gasteiger partial charge in [-0.3, -0.25) is 0 Å². The van der Waals surface area contributed by atoms with Crippen molar-refractivity contribution in [3.8, 4) is 0 Å². The minimum Gasteiger partial charge on any atom is -0.362 e. The maximum Gasteiger partial charge on any atom is 0.241 e. The zero-order valence-corrected chi connectivity index (χ0v) is 10.9. The van der Waals surface area contributed by atoms with Crippen LogP contribution in [0.3, 0.4) is 0 Å². The van der Waals surface area contributed by atoms with Gasteiger partial charge in [-0.25, -0.2) is 0 Å². The molecule has 84 valence electrons. The van der Waals surface area contributed by atoms with Gasteiger partial charge < -0.3 is 15.5 Å². The van der Waals surface area contributed by atoms with E-state index >= 15 is 0 Å². The van der Waals surface area contributed by atoms with Crippen molar-refractivity contribution in [1.29, 1.82) is 0 Å². The summed E-state index contributed by atoms with van der Waals surface area (Å²) >= 11 is 14.7. The van der Waals surface area contributed by atoms with Crippen LogP contribution in [0.1, 0.15) is 6.92 Å². The third-order valence-electron chi connectivity index (χ3n) is 1.74. The number of nitrogens with one attached hydrogen (secondary N) is 1. The molecular formula is C9H10BrCl2NO2. The molecule has 0 aliphatic rings. The Balaban J connectivity index is 2.82. The van der Waals surface area contributed by atoms with E-state index < -0.39 is 10.2 Å². The molecule has 0 unspecified atom stereocenters. The van der Waals surface area contributed by atoms with Crippen LogP contribution in [-0.2, 0) is 0 Å². The van der Waals surface area contributed by atoms with Crippen LogP contribution in [0.25, 0.3) is 0 Å². The summed E-state index contributed by atoms with van der Waals surface area (Å²) in [5.41, 5.74) is 0.581. The quantitative estimate of drug-likeness (QED) is 0.457. The molecule has 0 aliphatic heterocycles. The lowest BCUT2D eigenvalue weighted by Gasteiger charge is -2.32. The first-order chi connectivity index (χ1) is 6.72. The van der Waals surface area contributed by atoms with Crippen molar-refractivity contribution in [2.45, 2.75) is 17.2 Å². The van der Waals surface area contributed by atoms with Gasteiger partial charge in [0.05, 0.1) is 0 Å². The topological polar surface area (TPSA) is 52.5 Å². The summed E-state index contributed by atoms with van der Waals surface area (Å²) in [6, 6.07) is 6.96. The Labute approximate surface area is 106 Å². The van der Waals surface area contributed by atoms with Gasteiger partial charge in [0, 0.05) is 10.2 Å². The van der Waals surface area contributed by atoms with Crippen molar-refractivity contribution in [2.75, 3.05) is 5.32 Å². The van der Waals surface area contributed by atoms with Crippen LogP contribution < -0.4 is 5.32 Å². The van der Waals surface area contributed by atoms with E-state index in [1.807, 2.05) is 0 Å². The van der Waals surface area contributed by atoms with E-state index in [-0.39, 0.29) is 0 Å². The largest absolute Gasteiger partial charge is 0.362 e. The first kappa shape index (κ1) is 13.1. The molecular weight excluding hydrogens is 305 g/mol. The predicted molar refractivity (Wildman–Crippen MR) is 65.0 cm³/mol. The lowest BCUT2D eigenvalue weighted by Crippen LogP contribution is -2.49. The molecule has 1 aromatic carbocycles. The standard InChI is InChI=1S/C9H10BrCl2NO2/c1-8(14,15)9(11,12)13-7-4-2-6(10)3-5-7/h2-5,13-15H,1H3. The molecule has 1 rings (SSSR count). The van der Waals surface area contributed by atoms with E-state index in [4.69, 9.17) is 23.2 Å². The minimum atomic E-state index is -2.25. The molecule has 0 bridgehead atoms. The van der Waals surface area contributed by atoms with Crippen molar-refractivity contribution in [2.24, 2.45) is 0 Å². The molecule has 0 amide bonds. The van der Waals surface area contributed by atoms with E-state index in [0.29, 0.717) is 5.69 Å². The lowest BCUT2D eigenvalue weighted by molar-refractivity contribution is -0.150. The Morgan fingerprint density at radius 2 is 1.67 bits per heavy atom. The Morgan fingerprint density at radius 3 is 2.07 bits per heavy atom. The fourth-order valence-electron chi connectivity index (χ4n) is 0.833. The second kappa shape index (κ2) is 4.47. The summed E-state index contributed by atoms with van der Waals surface area (Å²) < 4.78 is -0.973. The van der Waals surface area contributed by atoms with Crippen molar-refractivity contribution >= 4 is 44.8 Å². The van der Waals surface area contributed by atoms with E-state index in [9.17, 15) is 10.2 Å². The molecule has 6 heteroatoms. The van der Waals surface area contributed by atoms with Gasteiger partial charge in [0.2, 0.25) is 10.2 Å². The summed E-state index contributed by atoms with van der Waals surface area (Å²) in [5, 5.41) is 21.2. The van der Waals surface area contributed by atoms with Gasteiger partial charge in [0.25, 0.3) is 0 Å². The second-order valence-corrected chi connectivity index (χ2v) is 5.47. The van der Waals surface area contributed by atoms with E-state index in [0.717, 1.165) is 11.4 Å². The van der Waals surface area contributed by atoms with Crippen LogP contribution in [0.5, 0.6) is 0 Å². The molecule has 0 saturated carbocycles. The van der Waals surface area contributed by atoms with Crippen molar-refractivity contribution in [1.82, 2.24) is 0 Å². The fourth-order valence-corrected chi connectivity index (χ4v) is 1.32. The summed E-state index contributed by atoms with van der Waals surface area (Å²) in [7, 11) is 0. The fraction of sp³-hybridized carbons (Fsp3) is 0.333. The van der Waals surface area contributed by atoms with E-state index in [1.165, 1.54) is 0 Å². The molecule has 15 heavy (non-hydrogen) atoms. The van der Waals surface area contributed by atoms with Crippen LogP contribution in [0, 0.1) is 0 Å². The maximum atomic E-state index is 9.28. The van der Waals surface area contributed by atoms with Crippen LogP contribution in [0.4, 0.5) is 5.69 Å². The number of aliphatic hydroxyl groups is 2. The average Bonchev–Trinajstić information content (AvgIpc) is 2.06. The third kappa shape index (κ3) is 3.50. The number of hydrogen-bond donors (Lipinski definition) is 3. The number of alkyl halides is 2. The monoisotopic (exact) mass is 313 g/mol. The number of anilines is 1. The van der Waals surface area contributed by atoms with Gasteiger partial charge in [-0.1, -0.05) is 39.1 Å². The van der Waals surface area contributed by atoms with Gasteiger partial charge in [0.15, 0.2) is 0 Å². The van der Waals surface area contributed by atoms with Gasteiger partial charge >= 0.3 is 0 Å². The average molecular weight is 315 g/mol. The molecule has 1 aromatic rings. The Morgan fingerprint density at radius 1 is 1.20 bits per heavy atom. The zero-order chi connectivity index (χ0) is 11.7. The van der Waals surface area contributed by atoms with Crippen LogP contribution in [-0.4, -0.2) is 20.5 Å². The summed E-state index contributed by atoms with van der Waals surface area (Å²) in [6.45, 7) is 1.10. The highest BCUT2D eigenvalue weighted by molar-refractivity contribution is 9.10. The highest BCUT2D eigenvalue weighted by Gasteiger charge is 2.43. The number of hydrogen-bond acceptors (Lipinski definition) is 3. The first-order valence-electron chi connectivity index (χ1n) is 4.09. The number of benzene rings is 1. The molecule has 0 atom stereocenters. The minimum absolute atomic E-state index is 0.581. The maximum absolute atomic E-state index is 9.28. The lowest BCUT2D eigenvalue weighted by atomic mass is 10.2. The molecule has 0 saturated heterocycles. The molecule has 0 spiro atoms. The molecule has 0 aliphatic carbocycles. The highest BCUT2D eigenvalue weighted by atomic mass is 79.9. The third-order valence-corrected chi connectivity index (χ3v) is 3.17. The predicted octanol–water partition coefficient (Wildman–Crippen LogP) is 2.69. The van der Waals surface area contributed by atoms with Gasteiger partial charge in [-0.05, 0) is 31.2 Å². The number of rotatable bonds is 3. The first-order valence-corrected chi connectivity index (χ1v) is 5.63. The molecule has 0 radical (unpaired) electrons. The van der Waals surface area contributed by atoms with Crippen molar-refractivity contribution in [3.05, 3.63) is 28.7 Å². The summed E-state index contributed by atoms with van der Waals surface area (Å²) in [5.74, 6) is -2.25. The molecule has 3 nitrogen and oxygen atoms in total. The van der Waals surface area contributed by atoms with Crippen molar-refractivity contribution < 1.29 is 10.2 Å². The van der Waals surface area contributed by atoms with E-state index in [2.05, 4.69) is 21.2 Å². The van der Waals surface area contributed by atoms with Gasteiger partial charge in [-0.15, -0.1) is 0 Å². The number of halogens is 3. The highest BCUT2D eigenvalue weighted by Crippen LogP contribution is 2.33. The zero-order valence-electron chi connectivity index (χ0n) is 7.84. The smallest absolute Gasteiger partial charge is 0.241 e. The summed E-state index contributed by atoms with van der Waals surface area (Å²) in [4.78, 5) is 0. The Bertz CT molecular complexity index is 335. The normalized spacial score (nSPS) is 12.7. The second-order valence-electron chi connectivity index (χ2n) is 3.23. The van der Waals surface area contributed by atoms with Crippen LogP contribution >= 0.6 is 39.1 Å². The molecule has 3 N–H and O–H groups in total.